The Morgan fingerprint density at radius 1 is 1.28 bits per heavy atom. The van der Waals surface area contributed by atoms with E-state index in [2.05, 4.69) is 20.7 Å². The van der Waals surface area contributed by atoms with Crippen molar-refractivity contribution in [3.8, 4) is 0 Å². The molecule has 0 aliphatic carbocycles. The molecule has 4 nitrogen and oxygen atoms in total. The summed E-state index contributed by atoms with van der Waals surface area (Å²) < 4.78 is 9.92. The first-order chi connectivity index (χ1) is 8.77. The molecule has 0 radical (unpaired) electrons. The van der Waals surface area contributed by atoms with Crippen molar-refractivity contribution in [2.45, 2.75) is 0 Å². The number of fused-ring (bicyclic) bond motifs is 1. The highest BCUT2D eigenvalue weighted by atomic mass is 32.1. The van der Waals surface area contributed by atoms with Gasteiger partial charge >= 0.3 is 0 Å². The molecule has 1 aromatic heterocycles. The van der Waals surface area contributed by atoms with Crippen LogP contribution in [0.3, 0.4) is 0 Å². The first-order valence-corrected chi connectivity index (χ1v) is 6.85. The number of benzene rings is 1. The Labute approximate surface area is 112 Å². The van der Waals surface area contributed by atoms with E-state index in [1.54, 1.807) is 0 Å². The highest BCUT2D eigenvalue weighted by molar-refractivity contribution is 7.11. The van der Waals surface area contributed by atoms with E-state index in [0.29, 0.717) is 0 Å². The molecule has 2 rings (SSSR count). The Hall–Kier alpha value is -1.17. The zero-order chi connectivity index (χ0) is 12.8. The second-order valence-corrected chi connectivity index (χ2v) is 5.14. The summed E-state index contributed by atoms with van der Waals surface area (Å²) in [6.07, 6.45) is 0. The van der Waals surface area contributed by atoms with Gasteiger partial charge in [0.05, 0.1) is 18.7 Å². The van der Waals surface area contributed by atoms with Gasteiger partial charge in [0.1, 0.15) is 5.00 Å². The van der Waals surface area contributed by atoms with Crippen LogP contribution in [0.1, 0.15) is 0 Å². The van der Waals surface area contributed by atoms with Gasteiger partial charge in [-0.15, -0.1) is 0 Å². The van der Waals surface area contributed by atoms with Gasteiger partial charge in [0.2, 0.25) is 0 Å². The topological polar surface area (TPSA) is 37.4 Å². The minimum Gasteiger partial charge on any atom is -0.378 e. The highest BCUT2D eigenvalue weighted by Gasteiger charge is 2.03. The highest BCUT2D eigenvalue weighted by Crippen LogP contribution is 2.26. The number of nitrogens with zero attached hydrogens (tertiary/aromatic N) is 2. The van der Waals surface area contributed by atoms with Crippen molar-refractivity contribution >= 4 is 27.4 Å². The van der Waals surface area contributed by atoms with Crippen LogP contribution < -0.4 is 5.32 Å². The van der Waals surface area contributed by atoms with Crippen molar-refractivity contribution in [3.05, 3.63) is 24.3 Å². The van der Waals surface area contributed by atoms with E-state index in [4.69, 9.17) is 4.74 Å². The maximum Gasteiger partial charge on any atom is 0.117 e. The fourth-order valence-corrected chi connectivity index (χ4v) is 2.39. The van der Waals surface area contributed by atoms with Crippen LogP contribution in [0.2, 0.25) is 0 Å². The van der Waals surface area contributed by atoms with Gasteiger partial charge in [-0.3, -0.25) is 0 Å². The molecule has 0 unspecified atom stereocenters. The number of rotatable bonds is 7. The Morgan fingerprint density at radius 2 is 2.11 bits per heavy atom. The lowest BCUT2D eigenvalue weighted by Gasteiger charge is -2.10. The minimum absolute atomic E-state index is 0.722. The Balaban J connectivity index is 1.74. The maximum absolute atomic E-state index is 5.53. The Kier molecular flexibility index (Phi) is 4.92. The lowest BCUT2D eigenvalue weighted by atomic mass is 10.2. The largest absolute Gasteiger partial charge is 0.378 e. The van der Waals surface area contributed by atoms with Crippen LogP contribution in [-0.4, -0.2) is 49.7 Å². The van der Waals surface area contributed by atoms with Gasteiger partial charge in [0.25, 0.3) is 0 Å². The first-order valence-electron chi connectivity index (χ1n) is 6.08. The average Bonchev–Trinajstić information content (AvgIpc) is 2.77. The fraction of sp³-hybridized carbons (Fsp3) is 0.462. The minimum atomic E-state index is 0.722. The Morgan fingerprint density at radius 3 is 2.94 bits per heavy atom. The van der Waals surface area contributed by atoms with Gasteiger partial charge in [-0.25, -0.2) is 0 Å². The predicted octanol–water partition coefficient (Wildman–Crippen LogP) is 2.29. The molecule has 5 heteroatoms. The van der Waals surface area contributed by atoms with E-state index in [1.165, 1.54) is 16.9 Å². The molecule has 18 heavy (non-hydrogen) atoms. The van der Waals surface area contributed by atoms with E-state index in [0.717, 1.165) is 36.8 Å². The van der Waals surface area contributed by atoms with Crippen LogP contribution in [0.25, 0.3) is 10.9 Å². The predicted molar refractivity (Wildman–Crippen MR) is 77.5 cm³/mol. The number of aromatic nitrogens is 1. The second-order valence-electron chi connectivity index (χ2n) is 4.37. The monoisotopic (exact) mass is 265 g/mol. The average molecular weight is 265 g/mol. The second kappa shape index (κ2) is 6.68. The summed E-state index contributed by atoms with van der Waals surface area (Å²) in [6, 6.07) is 8.17. The molecule has 0 aliphatic rings. The number of nitrogens with one attached hydrogen (secondary N) is 1. The molecule has 1 aromatic carbocycles. The van der Waals surface area contributed by atoms with Crippen molar-refractivity contribution in [3.63, 3.8) is 0 Å². The molecule has 0 saturated carbocycles. The van der Waals surface area contributed by atoms with E-state index in [9.17, 15) is 0 Å². The summed E-state index contributed by atoms with van der Waals surface area (Å²) >= 11 is 1.51. The quantitative estimate of drug-likeness (QED) is 0.779. The zero-order valence-corrected chi connectivity index (χ0v) is 11.7. The van der Waals surface area contributed by atoms with Crippen LogP contribution in [0.5, 0.6) is 0 Å². The van der Waals surface area contributed by atoms with Gasteiger partial charge in [-0.2, -0.15) is 4.37 Å². The van der Waals surface area contributed by atoms with Gasteiger partial charge in [0.15, 0.2) is 0 Å². The number of ether oxygens (including phenoxy) is 1. The molecule has 0 amide bonds. The zero-order valence-electron chi connectivity index (χ0n) is 10.8. The lowest BCUT2D eigenvalue weighted by molar-refractivity contribution is 0.126. The number of hydrogen-bond donors (Lipinski definition) is 1. The first kappa shape index (κ1) is 13.3. The van der Waals surface area contributed by atoms with Crippen LogP contribution in [-0.2, 0) is 4.74 Å². The standard InChI is InChI=1S/C13H19N3OS/c1-16(2)8-10-17-9-7-14-13-11-5-3-4-6-12(11)15-18-13/h3-6,14H,7-10H2,1-2H3. The molecule has 2 aromatic rings. The van der Waals surface area contributed by atoms with Crippen molar-refractivity contribution in [2.24, 2.45) is 0 Å². The summed E-state index contributed by atoms with van der Waals surface area (Å²) in [7, 11) is 4.09. The summed E-state index contributed by atoms with van der Waals surface area (Å²) in [5.74, 6) is 0. The van der Waals surface area contributed by atoms with Crippen LogP contribution in [0.4, 0.5) is 5.00 Å². The summed E-state index contributed by atoms with van der Waals surface area (Å²) in [5.41, 5.74) is 1.05. The number of likely N-dealkylation sites (N-methyl/N-ethyl adjacent to an activating group) is 1. The summed E-state index contributed by atoms with van der Waals surface area (Å²) in [6.45, 7) is 3.28. The number of anilines is 1. The SMILES string of the molecule is CN(C)CCOCCNc1snc2ccccc12. The molecule has 0 bridgehead atoms. The maximum atomic E-state index is 5.53. The third-order valence-electron chi connectivity index (χ3n) is 2.60. The van der Waals surface area contributed by atoms with Crippen LogP contribution >= 0.6 is 11.5 Å². The lowest BCUT2D eigenvalue weighted by Crippen LogP contribution is -2.19. The van der Waals surface area contributed by atoms with Crippen molar-refractivity contribution in [2.75, 3.05) is 45.7 Å². The van der Waals surface area contributed by atoms with E-state index in [-0.39, 0.29) is 0 Å². The van der Waals surface area contributed by atoms with E-state index < -0.39 is 0 Å². The molecule has 1 N–H and O–H groups in total. The fourth-order valence-electron chi connectivity index (χ4n) is 1.60. The smallest absolute Gasteiger partial charge is 0.117 e. The van der Waals surface area contributed by atoms with Gasteiger partial charge in [-0.1, -0.05) is 12.1 Å². The van der Waals surface area contributed by atoms with Crippen LogP contribution in [0, 0.1) is 0 Å². The molecular formula is C13H19N3OS. The van der Waals surface area contributed by atoms with Gasteiger partial charge in [0, 0.05) is 18.5 Å². The van der Waals surface area contributed by atoms with E-state index >= 15 is 0 Å². The van der Waals surface area contributed by atoms with Crippen molar-refractivity contribution < 1.29 is 4.74 Å². The molecule has 0 atom stereocenters. The van der Waals surface area contributed by atoms with Crippen molar-refractivity contribution in [1.82, 2.24) is 9.27 Å². The number of hydrogen-bond acceptors (Lipinski definition) is 5. The molecule has 98 valence electrons. The Bertz CT molecular complexity index is 484. The molecule has 0 fully saturated rings. The summed E-state index contributed by atoms with van der Waals surface area (Å²) in [4.78, 5) is 2.12. The van der Waals surface area contributed by atoms with Crippen LogP contribution in [0.15, 0.2) is 24.3 Å². The molecular weight excluding hydrogens is 246 g/mol. The van der Waals surface area contributed by atoms with Gasteiger partial charge in [-0.05, 0) is 37.8 Å². The third-order valence-corrected chi connectivity index (χ3v) is 3.43. The normalized spacial score (nSPS) is 11.3. The summed E-state index contributed by atoms with van der Waals surface area (Å²) in [5, 5.41) is 5.69. The van der Waals surface area contributed by atoms with Gasteiger partial charge < -0.3 is 15.0 Å². The molecule has 0 aliphatic heterocycles. The molecule has 0 spiro atoms. The third kappa shape index (κ3) is 3.66. The molecule has 1 heterocycles. The van der Waals surface area contributed by atoms with Crippen molar-refractivity contribution in [1.29, 1.82) is 0 Å². The molecule has 0 saturated heterocycles. The van der Waals surface area contributed by atoms with E-state index in [1.807, 2.05) is 32.3 Å².